The number of aromatic nitrogens is 2. The summed E-state index contributed by atoms with van der Waals surface area (Å²) in [4.78, 5) is 21.8. The van der Waals surface area contributed by atoms with Gasteiger partial charge in [-0.15, -0.1) is 0 Å². The summed E-state index contributed by atoms with van der Waals surface area (Å²) in [5, 5.41) is 3.24. The number of aryl methyl sites for hydroxylation is 2. The fraction of sp³-hybridized carbons (Fsp3) is 0.524. The molecule has 1 aliphatic heterocycles. The van der Waals surface area contributed by atoms with Gasteiger partial charge >= 0.3 is 0 Å². The summed E-state index contributed by atoms with van der Waals surface area (Å²) in [6, 6.07) is 8.69. The molecule has 0 spiro atoms. The number of imidazole rings is 1. The van der Waals surface area contributed by atoms with Gasteiger partial charge in [0.1, 0.15) is 5.82 Å². The molecule has 0 unspecified atom stereocenters. The molecule has 1 aromatic carbocycles. The summed E-state index contributed by atoms with van der Waals surface area (Å²) in [7, 11) is 1.99. The Bertz CT molecular complexity index is 789. The van der Waals surface area contributed by atoms with E-state index in [1.165, 1.54) is 24.1 Å². The first-order chi connectivity index (χ1) is 13.1. The molecule has 1 saturated carbocycles. The number of rotatable bonds is 6. The zero-order chi connectivity index (χ0) is 18.8. The second-order valence-electron chi connectivity index (χ2n) is 7.88. The third kappa shape index (κ3) is 4.33. The van der Waals surface area contributed by atoms with E-state index in [-0.39, 0.29) is 11.9 Å². The van der Waals surface area contributed by atoms with Crippen LogP contribution in [0.15, 0.2) is 36.7 Å². The molecule has 2 aromatic rings. The number of hydrogen-bond donors (Lipinski definition) is 1. The van der Waals surface area contributed by atoms with Crippen molar-refractivity contribution in [3.05, 3.63) is 48.0 Å². The Hall–Kier alpha value is -2.34. The average Bonchev–Trinajstić information content (AvgIpc) is 3.41. The molecule has 4 rings (SSSR count). The SMILES string of the molecule is Cc1cccc(N2CCN(CC(=O)N[C@@H](c3nccn3C)C3CC3)CC2)c1. The fourth-order valence-electron chi connectivity index (χ4n) is 3.91. The minimum absolute atomic E-state index is 0.0473. The van der Waals surface area contributed by atoms with E-state index in [9.17, 15) is 4.79 Å². The lowest BCUT2D eigenvalue weighted by Gasteiger charge is -2.36. The van der Waals surface area contributed by atoms with Crippen molar-refractivity contribution in [2.75, 3.05) is 37.6 Å². The maximum absolute atomic E-state index is 12.7. The largest absolute Gasteiger partial charge is 0.369 e. The van der Waals surface area contributed by atoms with Gasteiger partial charge in [-0.1, -0.05) is 12.1 Å². The molecular formula is C21H29N5O. The van der Waals surface area contributed by atoms with Crippen LogP contribution in [0.2, 0.25) is 0 Å². The van der Waals surface area contributed by atoms with Gasteiger partial charge in [-0.2, -0.15) is 0 Å². The van der Waals surface area contributed by atoms with Gasteiger partial charge in [0.25, 0.3) is 0 Å². The molecule has 1 aliphatic carbocycles. The van der Waals surface area contributed by atoms with E-state index in [2.05, 4.69) is 51.3 Å². The van der Waals surface area contributed by atoms with E-state index < -0.39 is 0 Å². The Labute approximate surface area is 161 Å². The molecule has 1 saturated heterocycles. The van der Waals surface area contributed by atoms with Gasteiger partial charge in [0, 0.05) is 51.3 Å². The smallest absolute Gasteiger partial charge is 0.234 e. The zero-order valence-electron chi connectivity index (χ0n) is 16.3. The van der Waals surface area contributed by atoms with Crippen molar-refractivity contribution < 1.29 is 4.79 Å². The van der Waals surface area contributed by atoms with Gasteiger partial charge in [0.05, 0.1) is 12.6 Å². The number of hydrogen-bond acceptors (Lipinski definition) is 4. The third-order valence-electron chi connectivity index (χ3n) is 5.65. The molecular weight excluding hydrogens is 338 g/mol. The first-order valence-corrected chi connectivity index (χ1v) is 9.91. The first kappa shape index (κ1) is 18.0. The van der Waals surface area contributed by atoms with Gasteiger partial charge in [-0.25, -0.2) is 4.98 Å². The van der Waals surface area contributed by atoms with E-state index in [4.69, 9.17) is 0 Å². The number of anilines is 1. The van der Waals surface area contributed by atoms with Crippen molar-refractivity contribution in [3.63, 3.8) is 0 Å². The van der Waals surface area contributed by atoms with E-state index in [0.717, 1.165) is 32.0 Å². The van der Waals surface area contributed by atoms with Gasteiger partial charge in [0.15, 0.2) is 0 Å². The normalized spacial score (nSPS) is 19.1. The molecule has 2 aliphatic rings. The monoisotopic (exact) mass is 367 g/mol. The van der Waals surface area contributed by atoms with Crippen molar-refractivity contribution in [1.29, 1.82) is 0 Å². The van der Waals surface area contributed by atoms with Gasteiger partial charge in [-0.05, 0) is 43.4 Å². The highest BCUT2D eigenvalue weighted by Crippen LogP contribution is 2.40. The van der Waals surface area contributed by atoms with Gasteiger partial charge in [0.2, 0.25) is 5.91 Å². The Morgan fingerprint density at radius 3 is 2.67 bits per heavy atom. The number of nitrogens with one attached hydrogen (secondary N) is 1. The van der Waals surface area contributed by atoms with Crippen LogP contribution < -0.4 is 10.2 Å². The summed E-state index contributed by atoms with van der Waals surface area (Å²) >= 11 is 0. The molecule has 27 heavy (non-hydrogen) atoms. The number of piperazine rings is 1. The van der Waals surface area contributed by atoms with Crippen LogP contribution in [0.4, 0.5) is 5.69 Å². The lowest BCUT2D eigenvalue weighted by atomic mass is 10.1. The maximum atomic E-state index is 12.7. The molecule has 2 heterocycles. The summed E-state index contributed by atoms with van der Waals surface area (Å²) in [6.45, 7) is 6.34. The number of amides is 1. The van der Waals surface area contributed by atoms with Crippen LogP contribution in [0, 0.1) is 12.8 Å². The second-order valence-corrected chi connectivity index (χ2v) is 7.88. The second kappa shape index (κ2) is 7.72. The summed E-state index contributed by atoms with van der Waals surface area (Å²) < 4.78 is 2.02. The highest BCUT2D eigenvalue weighted by Gasteiger charge is 2.36. The molecule has 1 atom stereocenters. The molecule has 144 valence electrons. The number of nitrogens with zero attached hydrogens (tertiary/aromatic N) is 4. The highest BCUT2D eigenvalue weighted by atomic mass is 16.2. The quantitative estimate of drug-likeness (QED) is 0.850. The van der Waals surface area contributed by atoms with Gasteiger partial charge < -0.3 is 14.8 Å². The Morgan fingerprint density at radius 2 is 2.04 bits per heavy atom. The van der Waals surface area contributed by atoms with Crippen molar-refractivity contribution in [1.82, 2.24) is 19.8 Å². The lowest BCUT2D eigenvalue weighted by molar-refractivity contribution is -0.123. The Morgan fingerprint density at radius 1 is 1.26 bits per heavy atom. The zero-order valence-corrected chi connectivity index (χ0v) is 16.3. The van der Waals surface area contributed by atoms with Crippen molar-refractivity contribution in [2.24, 2.45) is 13.0 Å². The molecule has 0 radical (unpaired) electrons. The third-order valence-corrected chi connectivity index (χ3v) is 5.65. The van der Waals surface area contributed by atoms with Gasteiger partial charge in [-0.3, -0.25) is 9.69 Å². The molecule has 6 heteroatoms. The topological polar surface area (TPSA) is 53.4 Å². The highest BCUT2D eigenvalue weighted by molar-refractivity contribution is 5.78. The van der Waals surface area contributed by atoms with Crippen LogP contribution in [0.3, 0.4) is 0 Å². The Kier molecular flexibility index (Phi) is 5.16. The minimum Gasteiger partial charge on any atom is -0.369 e. The number of benzene rings is 1. The molecule has 2 fully saturated rings. The fourth-order valence-corrected chi connectivity index (χ4v) is 3.91. The van der Waals surface area contributed by atoms with Crippen LogP contribution >= 0.6 is 0 Å². The molecule has 1 N–H and O–H groups in total. The molecule has 0 bridgehead atoms. The number of carbonyl (C=O) groups excluding carboxylic acids is 1. The molecule has 1 aromatic heterocycles. The minimum atomic E-state index is 0.0473. The van der Waals surface area contributed by atoms with E-state index in [1.54, 1.807) is 6.20 Å². The predicted molar refractivity (Wildman–Crippen MR) is 107 cm³/mol. The van der Waals surface area contributed by atoms with Crippen LogP contribution in [0.5, 0.6) is 0 Å². The summed E-state index contributed by atoms with van der Waals surface area (Å²) in [5.41, 5.74) is 2.57. The van der Waals surface area contributed by atoms with Crippen LogP contribution in [-0.2, 0) is 11.8 Å². The Balaban J connectivity index is 1.30. The summed E-state index contributed by atoms with van der Waals surface area (Å²) in [5.74, 6) is 1.61. The van der Waals surface area contributed by atoms with Crippen molar-refractivity contribution in [3.8, 4) is 0 Å². The average molecular weight is 367 g/mol. The van der Waals surface area contributed by atoms with Crippen molar-refractivity contribution in [2.45, 2.75) is 25.8 Å². The van der Waals surface area contributed by atoms with E-state index in [0.29, 0.717) is 12.5 Å². The summed E-state index contributed by atoms with van der Waals surface area (Å²) in [6.07, 6.45) is 6.10. The van der Waals surface area contributed by atoms with Crippen LogP contribution in [0.25, 0.3) is 0 Å². The van der Waals surface area contributed by atoms with Crippen LogP contribution in [0.1, 0.15) is 30.3 Å². The van der Waals surface area contributed by atoms with Crippen molar-refractivity contribution >= 4 is 11.6 Å². The molecule has 1 amide bonds. The lowest BCUT2D eigenvalue weighted by Crippen LogP contribution is -2.50. The maximum Gasteiger partial charge on any atom is 0.234 e. The molecule has 6 nitrogen and oxygen atoms in total. The van der Waals surface area contributed by atoms with E-state index >= 15 is 0 Å². The van der Waals surface area contributed by atoms with E-state index in [1.807, 2.05) is 17.8 Å². The standard InChI is InChI=1S/C21H29N5O/c1-16-4-3-5-18(14-16)26-12-10-25(11-13-26)15-19(27)23-20(17-6-7-17)21-22-8-9-24(21)2/h3-5,8-9,14,17,20H,6-7,10-13,15H2,1-2H3,(H,23,27)/t20-/m1/s1. The predicted octanol–water partition coefficient (Wildman–Crippen LogP) is 2.12. The first-order valence-electron chi connectivity index (χ1n) is 9.91. The number of carbonyl (C=O) groups is 1. The van der Waals surface area contributed by atoms with Crippen LogP contribution in [-0.4, -0.2) is 53.1 Å².